The van der Waals surface area contributed by atoms with E-state index < -0.39 is 10.0 Å². The molecule has 7 nitrogen and oxygen atoms in total. The second kappa shape index (κ2) is 7.09. The van der Waals surface area contributed by atoms with Crippen LogP contribution in [0.4, 0.5) is 5.82 Å². The van der Waals surface area contributed by atoms with Gasteiger partial charge in [-0.25, -0.2) is 8.42 Å². The summed E-state index contributed by atoms with van der Waals surface area (Å²) in [4.78, 5) is 0. The van der Waals surface area contributed by atoms with Gasteiger partial charge in [0.15, 0.2) is 5.82 Å². The highest BCUT2D eigenvalue weighted by Crippen LogP contribution is 2.36. The van der Waals surface area contributed by atoms with E-state index in [-0.39, 0.29) is 11.6 Å². The van der Waals surface area contributed by atoms with Crippen LogP contribution < -0.4 is 15.2 Å². The Morgan fingerprint density at radius 3 is 2.42 bits per heavy atom. The van der Waals surface area contributed by atoms with Gasteiger partial charge in [0.1, 0.15) is 11.5 Å². The summed E-state index contributed by atoms with van der Waals surface area (Å²) in [5.74, 6) is 1.06. The number of nitrogens with two attached hydrogens (primary N) is 1. The fraction of sp³-hybridized carbons (Fsp3) is 0.167. The predicted octanol–water partition coefficient (Wildman–Crippen LogP) is 2.53. The van der Waals surface area contributed by atoms with E-state index in [0.717, 1.165) is 4.09 Å². The molecule has 0 aliphatic rings. The largest absolute Gasteiger partial charge is 0.497 e. The molecule has 1 heterocycles. The van der Waals surface area contributed by atoms with Crippen LogP contribution in [0.5, 0.6) is 11.5 Å². The predicted molar refractivity (Wildman–Crippen MR) is 99.6 cm³/mol. The van der Waals surface area contributed by atoms with Crippen molar-refractivity contribution < 1.29 is 17.9 Å². The highest BCUT2D eigenvalue weighted by molar-refractivity contribution is 7.89. The number of methoxy groups -OCH3 is 2. The number of aromatic nitrogens is 2. The van der Waals surface area contributed by atoms with Crippen LogP contribution in [0, 0.1) is 0 Å². The molecule has 0 unspecified atom stereocenters. The Hall–Kier alpha value is -3.00. The second-order valence-corrected chi connectivity index (χ2v) is 7.44. The summed E-state index contributed by atoms with van der Waals surface area (Å²) in [5.41, 5.74) is 7.75. The lowest BCUT2D eigenvalue weighted by atomic mass is 10.1. The van der Waals surface area contributed by atoms with Crippen molar-refractivity contribution in [3.8, 4) is 22.6 Å². The normalized spacial score (nSPS) is 11.3. The molecule has 0 saturated carbocycles. The molecule has 0 aliphatic carbocycles. The van der Waals surface area contributed by atoms with Crippen molar-refractivity contribution >= 4 is 15.8 Å². The van der Waals surface area contributed by atoms with E-state index in [9.17, 15) is 8.42 Å². The fourth-order valence-corrected chi connectivity index (χ4v) is 3.81. The van der Waals surface area contributed by atoms with Crippen molar-refractivity contribution in [2.45, 2.75) is 5.75 Å². The molecule has 0 saturated heterocycles. The summed E-state index contributed by atoms with van der Waals surface area (Å²) in [5, 5.41) is 3.99. The van der Waals surface area contributed by atoms with Crippen LogP contribution in [0.2, 0.25) is 0 Å². The van der Waals surface area contributed by atoms with Crippen molar-refractivity contribution in [3.63, 3.8) is 0 Å². The van der Waals surface area contributed by atoms with Gasteiger partial charge in [0, 0.05) is 17.2 Å². The Bertz CT molecular complexity index is 1010. The minimum absolute atomic E-state index is 0.102. The van der Waals surface area contributed by atoms with Crippen LogP contribution in [0.15, 0.2) is 54.7 Å². The highest BCUT2D eigenvalue weighted by atomic mass is 32.2. The third-order valence-corrected chi connectivity index (χ3v) is 5.35. The molecule has 0 aliphatic heterocycles. The van der Waals surface area contributed by atoms with E-state index >= 15 is 0 Å². The Labute approximate surface area is 152 Å². The molecule has 0 amide bonds. The van der Waals surface area contributed by atoms with Gasteiger partial charge in [-0.05, 0) is 17.7 Å². The van der Waals surface area contributed by atoms with Crippen molar-refractivity contribution in [2.75, 3.05) is 20.0 Å². The lowest BCUT2D eigenvalue weighted by molar-refractivity contribution is 0.395. The lowest BCUT2D eigenvalue weighted by Crippen LogP contribution is -2.15. The molecule has 0 atom stereocenters. The molecular weight excluding hydrogens is 354 g/mol. The van der Waals surface area contributed by atoms with E-state index in [0.29, 0.717) is 28.2 Å². The Kier molecular flexibility index (Phi) is 4.85. The van der Waals surface area contributed by atoms with E-state index in [1.54, 1.807) is 49.6 Å². The molecule has 2 aromatic carbocycles. The molecule has 3 rings (SSSR count). The van der Waals surface area contributed by atoms with Gasteiger partial charge >= 0.3 is 0 Å². The lowest BCUT2D eigenvalue weighted by Gasteiger charge is -2.09. The van der Waals surface area contributed by atoms with Crippen LogP contribution in [0.25, 0.3) is 11.1 Å². The summed E-state index contributed by atoms with van der Waals surface area (Å²) < 4.78 is 36.7. The number of hydrogen-bond donors (Lipinski definition) is 1. The average Bonchev–Trinajstić information content (AvgIpc) is 3.04. The van der Waals surface area contributed by atoms with Gasteiger partial charge in [0.25, 0.3) is 10.0 Å². The zero-order valence-corrected chi connectivity index (χ0v) is 15.2. The first-order valence-electron chi connectivity index (χ1n) is 7.79. The molecule has 26 heavy (non-hydrogen) atoms. The van der Waals surface area contributed by atoms with E-state index in [1.807, 2.05) is 6.07 Å². The van der Waals surface area contributed by atoms with E-state index in [4.69, 9.17) is 15.2 Å². The number of hydrogen-bond acceptors (Lipinski definition) is 6. The van der Waals surface area contributed by atoms with Gasteiger partial charge in [-0.2, -0.15) is 4.09 Å². The Balaban J connectivity index is 2.00. The standard InChI is InChI=1S/C18H19N3O4S/c1-24-14-8-9-15(17(10-14)25-2)16-11-21(20-18(16)19)26(22,23)12-13-6-4-3-5-7-13/h3-11H,12H2,1-2H3,(H2,19,20). The number of ether oxygens (including phenoxy) is 2. The van der Waals surface area contributed by atoms with Crippen LogP contribution >= 0.6 is 0 Å². The molecule has 0 radical (unpaired) electrons. The monoisotopic (exact) mass is 373 g/mol. The molecular formula is C18H19N3O4S. The topological polar surface area (TPSA) is 96.4 Å². The third kappa shape index (κ3) is 3.50. The summed E-state index contributed by atoms with van der Waals surface area (Å²) in [6, 6.07) is 14.1. The first kappa shape index (κ1) is 17.8. The van der Waals surface area contributed by atoms with Crippen LogP contribution in [0.3, 0.4) is 0 Å². The Morgan fingerprint density at radius 1 is 1.04 bits per heavy atom. The molecule has 0 fully saturated rings. The maximum atomic E-state index is 12.6. The third-order valence-electron chi connectivity index (χ3n) is 3.90. The SMILES string of the molecule is COc1ccc(-c2cn(S(=O)(=O)Cc3ccccc3)nc2N)c(OC)c1. The zero-order valence-electron chi connectivity index (χ0n) is 14.4. The summed E-state index contributed by atoms with van der Waals surface area (Å²) in [7, 11) is -0.624. The summed E-state index contributed by atoms with van der Waals surface area (Å²) >= 11 is 0. The first-order valence-corrected chi connectivity index (χ1v) is 9.40. The summed E-state index contributed by atoms with van der Waals surface area (Å²) in [6.07, 6.45) is 1.40. The minimum atomic E-state index is -3.70. The average molecular weight is 373 g/mol. The van der Waals surface area contributed by atoms with Crippen molar-refractivity contribution in [2.24, 2.45) is 0 Å². The van der Waals surface area contributed by atoms with Crippen molar-refractivity contribution in [3.05, 3.63) is 60.3 Å². The number of rotatable bonds is 6. The molecule has 0 bridgehead atoms. The second-order valence-electron chi connectivity index (χ2n) is 5.61. The Morgan fingerprint density at radius 2 is 1.77 bits per heavy atom. The fourth-order valence-electron chi connectivity index (χ4n) is 2.59. The molecule has 2 N–H and O–H groups in total. The molecule has 136 valence electrons. The van der Waals surface area contributed by atoms with Crippen molar-refractivity contribution in [1.29, 1.82) is 0 Å². The van der Waals surface area contributed by atoms with E-state index in [2.05, 4.69) is 5.10 Å². The number of anilines is 1. The van der Waals surface area contributed by atoms with Gasteiger partial charge in [-0.3, -0.25) is 0 Å². The quantitative estimate of drug-likeness (QED) is 0.713. The van der Waals surface area contributed by atoms with E-state index in [1.165, 1.54) is 13.3 Å². The van der Waals surface area contributed by atoms with Crippen LogP contribution in [-0.4, -0.2) is 31.8 Å². The van der Waals surface area contributed by atoms with Gasteiger partial charge in [-0.15, -0.1) is 5.10 Å². The van der Waals surface area contributed by atoms with Gasteiger partial charge in [0.2, 0.25) is 0 Å². The number of benzene rings is 2. The summed E-state index contributed by atoms with van der Waals surface area (Å²) in [6.45, 7) is 0. The number of nitrogen functional groups attached to an aromatic ring is 1. The maximum Gasteiger partial charge on any atom is 0.258 e. The molecule has 8 heteroatoms. The molecule has 0 spiro atoms. The van der Waals surface area contributed by atoms with Crippen molar-refractivity contribution in [1.82, 2.24) is 9.19 Å². The molecule has 1 aromatic heterocycles. The van der Waals surface area contributed by atoms with Gasteiger partial charge < -0.3 is 15.2 Å². The van der Waals surface area contributed by atoms with Gasteiger partial charge in [-0.1, -0.05) is 30.3 Å². The zero-order chi connectivity index (χ0) is 18.7. The smallest absolute Gasteiger partial charge is 0.258 e. The van der Waals surface area contributed by atoms with Gasteiger partial charge in [0.05, 0.1) is 26.2 Å². The molecule has 3 aromatic rings. The number of nitrogens with zero attached hydrogens (tertiary/aromatic N) is 2. The first-order chi connectivity index (χ1) is 12.4. The minimum Gasteiger partial charge on any atom is -0.497 e. The van der Waals surface area contributed by atoms with Crippen LogP contribution in [0.1, 0.15) is 5.56 Å². The van der Waals surface area contributed by atoms with Crippen LogP contribution in [-0.2, 0) is 15.8 Å². The highest BCUT2D eigenvalue weighted by Gasteiger charge is 2.20. The maximum absolute atomic E-state index is 12.6.